The smallest absolute Gasteiger partial charge is 0.343 e. The molecule has 1 rings (SSSR count). The number of rotatable bonds is 6. The van der Waals surface area contributed by atoms with E-state index in [-0.39, 0.29) is 18.1 Å². The Hall–Kier alpha value is -2.10. The van der Waals surface area contributed by atoms with Gasteiger partial charge < -0.3 is 20.2 Å². The van der Waals surface area contributed by atoms with E-state index in [1.54, 1.807) is 6.92 Å². The van der Waals surface area contributed by atoms with Gasteiger partial charge in [-0.05, 0) is 11.8 Å². The van der Waals surface area contributed by atoms with Crippen LogP contribution in [0.15, 0.2) is 6.07 Å². The van der Waals surface area contributed by atoms with Crippen molar-refractivity contribution >= 4 is 30.3 Å². The first-order valence-corrected chi connectivity index (χ1v) is 5.91. The van der Waals surface area contributed by atoms with Gasteiger partial charge >= 0.3 is 11.8 Å². The standard InChI is InChI=1S/C9H12N4O5S/c1-2-18-9(15)6(4-19)10-8(14)5-3-7(12-11-5)13(16)17/h3,6,19H,2,4H2,1H3,(H,10,14)(H,11,12)/t6-/m1/s1. The Bertz CT molecular complexity index is 489. The number of ether oxygens (including phenoxy) is 1. The molecule has 0 aromatic carbocycles. The third-order valence-electron chi connectivity index (χ3n) is 2.05. The van der Waals surface area contributed by atoms with Gasteiger partial charge in [0.2, 0.25) is 0 Å². The molecule has 2 N–H and O–H groups in total. The Balaban J connectivity index is 2.71. The number of amides is 1. The van der Waals surface area contributed by atoms with Crippen LogP contribution in [-0.4, -0.2) is 45.4 Å². The molecule has 0 fully saturated rings. The first-order valence-electron chi connectivity index (χ1n) is 5.27. The van der Waals surface area contributed by atoms with Gasteiger partial charge in [0.25, 0.3) is 5.91 Å². The van der Waals surface area contributed by atoms with E-state index in [0.717, 1.165) is 6.07 Å². The van der Waals surface area contributed by atoms with Crippen LogP contribution in [0.2, 0.25) is 0 Å². The van der Waals surface area contributed by atoms with Crippen LogP contribution in [0.25, 0.3) is 0 Å². The molecular formula is C9H12N4O5S. The molecule has 0 radical (unpaired) electrons. The number of nitrogens with one attached hydrogen (secondary N) is 2. The summed E-state index contributed by atoms with van der Waals surface area (Å²) in [6.07, 6.45) is 0. The van der Waals surface area contributed by atoms with Gasteiger partial charge in [-0.15, -0.1) is 5.10 Å². The summed E-state index contributed by atoms with van der Waals surface area (Å²) in [6, 6.07) is 0.0299. The van der Waals surface area contributed by atoms with Crippen molar-refractivity contribution in [2.24, 2.45) is 0 Å². The molecule has 1 aromatic heterocycles. The number of nitrogens with zero attached hydrogens (tertiary/aromatic N) is 2. The molecule has 104 valence electrons. The summed E-state index contributed by atoms with van der Waals surface area (Å²) in [4.78, 5) is 32.8. The zero-order chi connectivity index (χ0) is 14.4. The number of esters is 1. The summed E-state index contributed by atoms with van der Waals surface area (Å²) in [7, 11) is 0. The third-order valence-corrected chi connectivity index (χ3v) is 2.42. The molecule has 1 atom stereocenters. The minimum Gasteiger partial charge on any atom is -0.464 e. The van der Waals surface area contributed by atoms with Crippen LogP contribution in [0.5, 0.6) is 0 Å². The molecule has 1 amide bonds. The lowest BCUT2D eigenvalue weighted by Crippen LogP contribution is -2.43. The molecule has 0 aliphatic rings. The van der Waals surface area contributed by atoms with Crippen LogP contribution in [0.1, 0.15) is 17.4 Å². The monoisotopic (exact) mass is 288 g/mol. The lowest BCUT2D eigenvalue weighted by atomic mass is 10.3. The molecule has 0 saturated heterocycles. The van der Waals surface area contributed by atoms with Gasteiger partial charge in [0.15, 0.2) is 5.69 Å². The number of aromatic amines is 1. The molecule has 0 bridgehead atoms. The van der Waals surface area contributed by atoms with E-state index in [2.05, 4.69) is 28.1 Å². The molecule has 0 aliphatic carbocycles. The SMILES string of the molecule is CCOC(=O)[C@@H](CS)NC(=O)c1cc([N+](=O)[O-])[nH]n1. The predicted octanol–water partition coefficient (Wildman–Crippen LogP) is -0.0908. The van der Waals surface area contributed by atoms with E-state index in [1.165, 1.54) is 0 Å². The lowest BCUT2D eigenvalue weighted by molar-refractivity contribution is -0.389. The molecule has 0 unspecified atom stereocenters. The molecule has 19 heavy (non-hydrogen) atoms. The maximum atomic E-state index is 11.7. The summed E-state index contributed by atoms with van der Waals surface area (Å²) >= 11 is 3.92. The van der Waals surface area contributed by atoms with Crippen molar-refractivity contribution in [1.29, 1.82) is 0 Å². The molecule has 1 heterocycles. The zero-order valence-corrected chi connectivity index (χ0v) is 10.8. The fourth-order valence-electron chi connectivity index (χ4n) is 1.18. The average molecular weight is 288 g/mol. The highest BCUT2D eigenvalue weighted by molar-refractivity contribution is 7.80. The third kappa shape index (κ3) is 3.95. The van der Waals surface area contributed by atoms with Gasteiger partial charge in [-0.1, -0.05) is 5.10 Å². The van der Waals surface area contributed by atoms with E-state index in [1.807, 2.05) is 0 Å². The number of carbonyl (C=O) groups excluding carboxylic acids is 2. The largest absolute Gasteiger partial charge is 0.464 e. The highest BCUT2D eigenvalue weighted by Gasteiger charge is 2.24. The Morgan fingerprint density at radius 2 is 2.37 bits per heavy atom. The maximum Gasteiger partial charge on any atom is 0.343 e. The highest BCUT2D eigenvalue weighted by Crippen LogP contribution is 2.08. The molecule has 1 aromatic rings. The quantitative estimate of drug-likeness (QED) is 0.290. The number of carbonyl (C=O) groups is 2. The van der Waals surface area contributed by atoms with Crippen LogP contribution in [-0.2, 0) is 9.53 Å². The van der Waals surface area contributed by atoms with Crippen LogP contribution in [0.3, 0.4) is 0 Å². The second-order valence-corrected chi connectivity index (χ2v) is 3.72. The topological polar surface area (TPSA) is 127 Å². The number of thiol groups is 1. The molecule has 0 aliphatic heterocycles. The van der Waals surface area contributed by atoms with Crippen molar-refractivity contribution in [3.63, 3.8) is 0 Å². The van der Waals surface area contributed by atoms with Crippen molar-refractivity contribution in [1.82, 2.24) is 15.5 Å². The van der Waals surface area contributed by atoms with E-state index >= 15 is 0 Å². The Kier molecular flexibility index (Phi) is 5.30. The molecular weight excluding hydrogens is 276 g/mol. The number of H-pyrrole nitrogens is 1. The molecule has 0 spiro atoms. The van der Waals surface area contributed by atoms with Crippen LogP contribution >= 0.6 is 12.6 Å². The fraction of sp³-hybridized carbons (Fsp3) is 0.444. The second-order valence-electron chi connectivity index (χ2n) is 3.36. The first kappa shape index (κ1) is 15.0. The average Bonchev–Trinajstić information content (AvgIpc) is 2.85. The fourth-order valence-corrected chi connectivity index (χ4v) is 1.42. The van der Waals surface area contributed by atoms with Gasteiger partial charge in [0.05, 0.1) is 12.7 Å². The van der Waals surface area contributed by atoms with Crippen molar-refractivity contribution in [2.45, 2.75) is 13.0 Å². The summed E-state index contributed by atoms with van der Waals surface area (Å²) in [5.41, 5.74) is -0.192. The number of aromatic nitrogens is 2. The van der Waals surface area contributed by atoms with E-state index in [9.17, 15) is 19.7 Å². The minimum atomic E-state index is -0.938. The van der Waals surface area contributed by atoms with Crippen molar-refractivity contribution in [3.05, 3.63) is 21.9 Å². The van der Waals surface area contributed by atoms with Gasteiger partial charge in [-0.3, -0.25) is 4.79 Å². The van der Waals surface area contributed by atoms with E-state index in [0.29, 0.717) is 0 Å². The normalized spacial score (nSPS) is 11.7. The Morgan fingerprint density at radius 1 is 1.68 bits per heavy atom. The van der Waals surface area contributed by atoms with Gasteiger partial charge in [-0.25, -0.2) is 4.79 Å². The van der Waals surface area contributed by atoms with Gasteiger partial charge in [-0.2, -0.15) is 12.6 Å². The Morgan fingerprint density at radius 3 is 2.84 bits per heavy atom. The summed E-state index contributed by atoms with van der Waals surface area (Å²) in [5, 5.41) is 18.3. The van der Waals surface area contributed by atoms with Crippen molar-refractivity contribution in [3.8, 4) is 0 Å². The van der Waals surface area contributed by atoms with Crippen LogP contribution in [0.4, 0.5) is 5.82 Å². The molecule has 0 saturated carbocycles. The Labute approximate surface area is 113 Å². The van der Waals surface area contributed by atoms with Crippen molar-refractivity contribution < 1.29 is 19.2 Å². The molecule has 10 heteroatoms. The minimum absolute atomic E-state index is 0.0388. The van der Waals surface area contributed by atoms with Crippen LogP contribution < -0.4 is 5.32 Å². The lowest BCUT2D eigenvalue weighted by Gasteiger charge is -2.13. The predicted molar refractivity (Wildman–Crippen MR) is 67.0 cm³/mol. The van der Waals surface area contributed by atoms with E-state index in [4.69, 9.17) is 4.74 Å². The number of nitro groups is 1. The van der Waals surface area contributed by atoms with Crippen molar-refractivity contribution in [2.75, 3.05) is 12.4 Å². The summed E-state index contributed by atoms with van der Waals surface area (Å²) < 4.78 is 4.74. The van der Waals surface area contributed by atoms with Crippen LogP contribution in [0, 0.1) is 10.1 Å². The first-order chi connectivity index (χ1) is 8.99. The summed E-state index contributed by atoms with van der Waals surface area (Å²) in [5.74, 6) is -1.73. The maximum absolute atomic E-state index is 11.7. The van der Waals surface area contributed by atoms with Gasteiger partial charge in [0, 0.05) is 5.75 Å². The number of hydrogen-bond donors (Lipinski definition) is 3. The highest BCUT2D eigenvalue weighted by atomic mass is 32.1. The molecule has 9 nitrogen and oxygen atoms in total. The van der Waals surface area contributed by atoms with E-state index < -0.39 is 28.7 Å². The zero-order valence-electron chi connectivity index (χ0n) is 9.95. The second kappa shape index (κ2) is 6.73. The summed E-state index contributed by atoms with van der Waals surface area (Å²) in [6.45, 7) is 1.80. The van der Waals surface area contributed by atoms with Gasteiger partial charge in [0.1, 0.15) is 6.04 Å². The number of hydrogen-bond acceptors (Lipinski definition) is 7.